The summed E-state index contributed by atoms with van der Waals surface area (Å²) in [7, 11) is 4.32. The summed E-state index contributed by atoms with van der Waals surface area (Å²) in [6, 6.07) is 4.62. The van der Waals surface area contributed by atoms with Gasteiger partial charge in [0.2, 0.25) is 0 Å². The molecule has 1 fully saturated rings. The molecule has 0 aromatic carbocycles. The lowest BCUT2D eigenvalue weighted by atomic mass is 10.0. The van der Waals surface area contributed by atoms with E-state index in [-0.39, 0.29) is 0 Å². The van der Waals surface area contributed by atoms with Crippen molar-refractivity contribution in [2.24, 2.45) is 5.84 Å². The molecule has 0 saturated carbocycles. The van der Waals surface area contributed by atoms with Gasteiger partial charge in [0, 0.05) is 31.0 Å². The Labute approximate surface area is 103 Å². The number of anilines is 2. The third-order valence-electron chi connectivity index (χ3n) is 3.53. The summed E-state index contributed by atoms with van der Waals surface area (Å²) in [5, 5.41) is 0. The smallest absolute Gasteiger partial charge is 0.141 e. The van der Waals surface area contributed by atoms with E-state index in [1.807, 2.05) is 12.1 Å². The van der Waals surface area contributed by atoms with Gasteiger partial charge in [-0.25, -0.2) is 10.8 Å². The average molecular weight is 235 g/mol. The summed E-state index contributed by atoms with van der Waals surface area (Å²) in [5.74, 6) is 6.09. The van der Waals surface area contributed by atoms with Crippen molar-refractivity contribution in [2.45, 2.75) is 18.9 Å². The van der Waals surface area contributed by atoms with Gasteiger partial charge in [-0.3, -0.25) is 0 Å². The Morgan fingerprint density at radius 2 is 2.18 bits per heavy atom. The highest BCUT2D eigenvalue weighted by molar-refractivity contribution is 5.53. The van der Waals surface area contributed by atoms with Crippen molar-refractivity contribution in [1.82, 2.24) is 9.88 Å². The van der Waals surface area contributed by atoms with Gasteiger partial charge < -0.3 is 15.2 Å². The van der Waals surface area contributed by atoms with Crippen molar-refractivity contribution < 1.29 is 0 Å². The fraction of sp³-hybridized carbons (Fsp3) is 0.583. The van der Waals surface area contributed by atoms with Crippen LogP contribution < -0.4 is 16.2 Å². The highest BCUT2D eigenvalue weighted by Gasteiger charge is 2.20. The van der Waals surface area contributed by atoms with Crippen molar-refractivity contribution in [3.05, 3.63) is 18.3 Å². The number of likely N-dealkylation sites (tertiary alicyclic amines) is 1. The SMILES string of the molecule is CN1CCC(N(C)c2ccnc(NN)c2)CC1. The number of hydrogen-bond acceptors (Lipinski definition) is 5. The van der Waals surface area contributed by atoms with E-state index in [1.54, 1.807) is 6.20 Å². The number of nitrogens with two attached hydrogens (primary N) is 1. The summed E-state index contributed by atoms with van der Waals surface area (Å²) in [5.41, 5.74) is 3.76. The van der Waals surface area contributed by atoms with Gasteiger partial charge in [-0.2, -0.15) is 0 Å². The lowest BCUT2D eigenvalue weighted by molar-refractivity contribution is 0.253. The van der Waals surface area contributed by atoms with Crippen LogP contribution >= 0.6 is 0 Å². The van der Waals surface area contributed by atoms with Gasteiger partial charge in [0.05, 0.1) is 0 Å². The first kappa shape index (κ1) is 12.1. The van der Waals surface area contributed by atoms with E-state index in [2.05, 4.69) is 34.3 Å². The first-order valence-corrected chi connectivity index (χ1v) is 6.05. The molecule has 1 aromatic rings. The zero-order chi connectivity index (χ0) is 12.3. The summed E-state index contributed by atoms with van der Waals surface area (Å²) in [6.45, 7) is 2.34. The summed E-state index contributed by atoms with van der Waals surface area (Å²) >= 11 is 0. The molecule has 0 aliphatic carbocycles. The van der Waals surface area contributed by atoms with Crippen LogP contribution in [0.3, 0.4) is 0 Å². The minimum absolute atomic E-state index is 0.610. The van der Waals surface area contributed by atoms with Crippen molar-refractivity contribution >= 4 is 11.5 Å². The molecule has 2 rings (SSSR count). The second-order valence-corrected chi connectivity index (χ2v) is 4.69. The Bertz CT molecular complexity index is 360. The second kappa shape index (κ2) is 5.33. The molecule has 0 radical (unpaired) electrons. The molecule has 2 heterocycles. The molecule has 1 saturated heterocycles. The molecule has 17 heavy (non-hydrogen) atoms. The minimum atomic E-state index is 0.610. The Kier molecular flexibility index (Phi) is 3.81. The molecule has 94 valence electrons. The number of nitrogen functional groups attached to an aromatic ring is 1. The number of hydrazine groups is 1. The average Bonchev–Trinajstić information content (AvgIpc) is 2.39. The molecule has 0 unspecified atom stereocenters. The maximum absolute atomic E-state index is 5.38. The number of aromatic nitrogens is 1. The second-order valence-electron chi connectivity index (χ2n) is 4.69. The van der Waals surface area contributed by atoms with Gasteiger partial charge >= 0.3 is 0 Å². The van der Waals surface area contributed by atoms with E-state index in [4.69, 9.17) is 5.84 Å². The summed E-state index contributed by atoms with van der Waals surface area (Å²) < 4.78 is 0. The number of hydrogen-bond donors (Lipinski definition) is 2. The van der Waals surface area contributed by atoms with E-state index < -0.39 is 0 Å². The van der Waals surface area contributed by atoms with Crippen LogP contribution in [0, 0.1) is 0 Å². The maximum atomic E-state index is 5.38. The highest BCUT2D eigenvalue weighted by atomic mass is 15.3. The van der Waals surface area contributed by atoms with Gasteiger partial charge in [0.25, 0.3) is 0 Å². The molecule has 3 N–H and O–H groups in total. The van der Waals surface area contributed by atoms with Gasteiger partial charge in [-0.15, -0.1) is 0 Å². The zero-order valence-electron chi connectivity index (χ0n) is 10.6. The van der Waals surface area contributed by atoms with E-state index in [1.165, 1.54) is 31.6 Å². The van der Waals surface area contributed by atoms with Crippen LogP contribution in [0.4, 0.5) is 11.5 Å². The number of nitrogens with one attached hydrogen (secondary N) is 1. The Morgan fingerprint density at radius 3 is 2.82 bits per heavy atom. The molecular formula is C12H21N5. The fourth-order valence-corrected chi connectivity index (χ4v) is 2.31. The first-order valence-electron chi connectivity index (χ1n) is 6.05. The largest absolute Gasteiger partial charge is 0.371 e. The molecular weight excluding hydrogens is 214 g/mol. The maximum Gasteiger partial charge on any atom is 0.141 e. The third-order valence-corrected chi connectivity index (χ3v) is 3.53. The zero-order valence-corrected chi connectivity index (χ0v) is 10.6. The van der Waals surface area contributed by atoms with Crippen molar-refractivity contribution in [3.63, 3.8) is 0 Å². The topological polar surface area (TPSA) is 57.4 Å². The van der Waals surface area contributed by atoms with E-state index in [0.29, 0.717) is 11.9 Å². The van der Waals surface area contributed by atoms with Crippen LogP contribution in [-0.2, 0) is 0 Å². The molecule has 0 atom stereocenters. The number of pyridine rings is 1. The van der Waals surface area contributed by atoms with Gasteiger partial charge in [-0.1, -0.05) is 0 Å². The molecule has 0 spiro atoms. The summed E-state index contributed by atoms with van der Waals surface area (Å²) in [4.78, 5) is 8.83. The molecule has 1 aliphatic heterocycles. The Hall–Kier alpha value is -1.33. The first-order chi connectivity index (χ1) is 8.20. The minimum Gasteiger partial charge on any atom is -0.371 e. The number of nitrogens with zero attached hydrogens (tertiary/aromatic N) is 3. The van der Waals surface area contributed by atoms with Crippen LogP contribution in [-0.4, -0.2) is 43.1 Å². The van der Waals surface area contributed by atoms with Gasteiger partial charge in [0.15, 0.2) is 0 Å². The van der Waals surface area contributed by atoms with Gasteiger partial charge in [-0.05, 0) is 39.0 Å². The van der Waals surface area contributed by atoms with Crippen LogP contribution in [0.2, 0.25) is 0 Å². The predicted octanol–water partition coefficient (Wildman–Crippen LogP) is 0.898. The molecule has 5 heteroatoms. The molecule has 5 nitrogen and oxygen atoms in total. The van der Waals surface area contributed by atoms with Crippen molar-refractivity contribution in [2.75, 3.05) is 37.5 Å². The van der Waals surface area contributed by atoms with E-state index >= 15 is 0 Å². The quantitative estimate of drug-likeness (QED) is 0.602. The van der Waals surface area contributed by atoms with Crippen LogP contribution in [0.5, 0.6) is 0 Å². The van der Waals surface area contributed by atoms with Crippen molar-refractivity contribution in [3.8, 4) is 0 Å². The van der Waals surface area contributed by atoms with Crippen LogP contribution in [0.25, 0.3) is 0 Å². The number of piperidine rings is 1. The van der Waals surface area contributed by atoms with Crippen LogP contribution in [0.1, 0.15) is 12.8 Å². The monoisotopic (exact) mass is 235 g/mol. The molecule has 1 aliphatic rings. The lowest BCUT2D eigenvalue weighted by Crippen LogP contribution is -2.42. The third kappa shape index (κ3) is 2.87. The normalized spacial score (nSPS) is 18.1. The predicted molar refractivity (Wildman–Crippen MR) is 71.0 cm³/mol. The molecule has 0 amide bonds. The van der Waals surface area contributed by atoms with E-state index in [9.17, 15) is 0 Å². The standard InChI is InChI=1S/C12H21N5/c1-16-7-4-10(5-8-16)17(2)11-3-6-14-12(9-11)15-13/h3,6,9-10H,4-5,7-8,13H2,1-2H3,(H,14,15). The molecule has 1 aromatic heterocycles. The number of rotatable bonds is 3. The Balaban J connectivity index is 2.05. The Morgan fingerprint density at radius 1 is 1.47 bits per heavy atom. The fourth-order valence-electron chi connectivity index (χ4n) is 2.31. The summed E-state index contributed by atoms with van der Waals surface area (Å²) in [6.07, 6.45) is 4.21. The highest BCUT2D eigenvalue weighted by Crippen LogP contribution is 2.22. The van der Waals surface area contributed by atoms with Crippen LogP contribution in [0.15, 0.2) is 18.3 Å². The lowest BCUT2D eigenvalue weighted by Gasteiger charge is -2.36. The van der Waals surface area contributed by atoms with Crippen molar-refractivity contribution in [1.29, 1.82) is 0 Å². The van der Waals surface area contributed by atoms with Gasteiger partial charge in [0.1, 0.15) is 5.82 Å². The molecule has 0 bridgehead atoms. The van der Waals surface area contributed by atoms with E-state index in [0.717, 1.165) is 0 Å².